The van der Waals surface area contributed by atoms with Crippen molar-refractivity contribution in [2.24, 2.45) is 4.99 Å². The minimum Gasteiger partial charge on any atom is -0.489 e. The van der Waals surface area contributed by atoms with Gasteiger partial charge in [0.25, 0.3) is 0 Å². The maximum atomic E-state index is 13.5. The fourth-order valence-electron chi connectivity index (χ4n) is 1.94. The number of halogens is 2. The molecule has 142 valence electrons. The van der Waals surface area contributed by atoms with E-state index in [0.29, 0.717) is 30.8 Å². The molecule has 0 radical (unpaired) electrons. The quantitative estimate of drug-likeness (QED) is 0.463. The monoisotopic (exact) mass is 367 g/mol. The van der Waals surface area contributed by atoms with Crippen molar-refractivity contribution in [1.82, 2.24) is 20.8 Å². The normalized spacial score (nSPS) is 12.2. The molecule has 0 atom stereocenters. The van der Waals surface area contributed by atoms with E-state index in [2.05, 4.69) is 25.8 Å². The number of ether oxygens (including phenoxy) is 1. The lowest BCUT2D eigenvalue weighted by Crippen LogP contribution is -2.39. The average molecular weight is 367 g/mol. The van der Waals surface area contributed by atoms with Gasteiger partial charge in [0.1, 0.15) is 12.4 Å². The van der Waals surface area contributed by atoms with E-state index in [9.17, 15) is 8.78 Å². The number of aromatic nitrogens is 2. The maximum Gasteiger partial charge on any atom is 0.232 e. The Morgan fingerprint density at radius 3 is 2.65 bits per heavy atom. The first-order valence-corrected chi connectivity index (χ1v) is 8.15. The van der Waals surface area contributed by atoms with Gasteiger partial charge in [-0.2, -0.15) is 4.98 Å². The van der Waals surface area contributed by atoms with Crippen molar-refractivity contribution in [2.75, 3.05) is 20.2 Å². The van der Waals surface area contributed by atoms with Gasteiger partial charge in [-0.3, -0.25) is 4.99 Å². The van der Waals surface area contributed by atoms with Crippen LogP contribution < -0.4 is 15.4 Å². The predicted octanol–water partition coefficient (Wildman–Crippen LogP) is 2.39. The second kappa shape index (κ2) is 8.59. The molecule has 2 aromatic rings. The fraction of sp³-hybridized carbons (Fsp3) is 0.471. The third-order valence-corrected chi connectivity index (χ3v) is 3.29. The minimum absolute atomic E-state index is 0.00217. The number of guanidine groups is 1. The van der Waals surface area contributed by atoms with E-state index in [-0.39, 0.29) is 17.8 Å². The van der Waals surface area contributed by atoms with E-state index in [0.717, 1.165) is 12.1 Å². The maximum absolute atomic E-state index is 13.5. The van der Waals surface area contributed by atoms with Gasteiger partial charge in [-0.15, -0.1) is 0 Å². The van der Waals surface area contributed by atoms with Crippen molar-refractivity contribution in [1.29, 1.82) is 0 Å². The van der Waals surface area contributed by atoms with Crippen LogP contribution >= 0.6 is 0 Å². The van der Waals surface area contributed by atoms with Crippen molar-refractivity contribution in [2.45, 2.75) is 32.7 Å². The zero-order chi connectivity index (χ0) is 19.2. The van der Waals surface area contributed by atoms with Crippen LogP contribution in [0.2, 0.25) is 0 Å². The van der Waals surface area contributed by atoms with Crippen LogP contribution in [0.15, 0.2) is 27.7 Å². The summed E-state index contributed by atoms with van der Waals surface area (Å²) in [6.45, 7) is 6.86. The van der Waals surface area contributed by atoms with Gasteiger partial charge < -0.3 is 19.9 Å². The molecule has 0 amide bonds. The zero-order valence-electron chi connectivity index (χ0n) is 15.3. The second-order valence-electron chi connectivity index (χ2n) is 6.54. The summed E-state index contributed by atoms with van der Waals surface area (Å²) in [5.74, 6) is 0.204. The molecular formula is C17H23F2N5O2. The number of nitrogens with zero attached hydrogens (tertiary/aromatic N) is 3. The molecule has 1 aromatic heterocycles. The van der Waals surface area contributed by atoms with Crippen LogP contribution in [0.25, 0.3) is 0 Å². The Morgan fingerprint density at radius 2 is 2.04 bits per heavy atom. The topological polar surface area (TPSA) is 84.6 Å². The SMILES string of the molecule is CN=C(NCCOc1ccc(F)cc1F)NCc1noc(C(C)(C)C)n1. The number of hydrogen-bond donors (Lipinski definition) is 2. The summed E-state index contributed by atoms with van der Waals surface area (Å²) in [5, 5.41) is 9.97. The van der Waals surface area contributed by atoms with Gasteiger partial charge in [0.05, 0.1) is 13.1 Å². The Balaban J connectivity index is 1.75. The van der Waals surface area contributed by atoms with Crippen LogP contribution in [0.1, 0.15) is 32.5 Å². The molecule has 2 rings (SSSR count). The predicted molar refractivity (Wildman–Crippen MR) is 93.1 cm³/mol. The average Bonchev–Trinajstić information content (AvgIpc) is 3.05. The molecule has 26 heavy (non-hydrogen) atoms. The van der Waals surface area contributed by atoms with Crippen LogP contribution in [-0.4, -0.2) is 36.3 Å². The molecule has 9 heteroatoms. The molecule has 0 saturated heterocycles. The molecule has 0 fully saturated rings. The molecule has 1 aromatic carbocycles. The van der Waals surface area contributed by atoms with E-state index in [4.69, 9.17) is 9.26 Å². The second-order valence-corrected chi connectivity index (χ2v) is 6.54. The van der Waals surface area contributed by atoms with Crippen molar-refractivity contribution in [3.05, 3.63) is 41.5 Å². The molecule has 0 aliphatic heterocycles. The molecule has 1 heterocycles. The van der Waals surface area contributed by atoms with Gasteiger partial charge in [-0.05, 0) is 12.1 Å². The van der Waals surface area contributed by atoms with Crippen LogP contribution in [-0.2, 0) is 12.0 Å². The van der Waals surface area contributed by atoms with Crippen LogP contribution in [0.4, 0.5) is 8.78 Å². The highest BCUT2D eigenvalue weighted by Crippen LogP contribution is 2.19. The molecular weight excluding hydrogens is 344 g/mol. The molecule has 0 saturated carbocycles. The van der Waals surface area contributed by atoms with E-state index >= 15 is 0 Å². The van der Waals surface area contributed by atoms with Gasteiger partial charge in [0.2, 0.25) is 5.89 Å². The molecule has 0 spiro atoms. The van der Waals surface area contributed by atoms with Crippen LogP contribution in [0.5, 0.6) is 5.75 Å². The number of rotatable bonds is 6. The highest BCUT2D eigenvalue weighted by molar-refractivity contribution is 5.79. The van der Waals surface area contributed by atoms with Crippen molar-refractivity contribution in [3.63, 3.8) is 0 Å². The fourth-order valence-corrected chi connectivity index (χ4v) is 1.94. The van der Waals surface area contributed by atoms with Gasteiger partial charge in [0.15, 0.2) is 23.4 Å². The van der Waals surface area contributed by atoms with E-state index in [1.165, 1.54) is 6.07 Å². The first-order chi connectivity index (χ1) is 12.3. The van der Waals surface area contributed by atoms with Crippen molar-refractivity contribution >= 4 is 5.96 Å². The lowest BCUT2D eigenvalue weighted by Gasteiger charge is -2.12. The molecule has 7 nitrogen and oxygen atoms in total. The Kier molecular flexibility index (Phi) is 6.48. The summed E-state index contributed by atoms with van der Waals surface area (Å²) in [5.41, 5.74) is -0.210. The standard InChI is InChI=1S/C17H23F2N5O2/c1-17(2,3)15-23-14(24-26-15)10-22-16(20-4)21-7-8-25-13-6-5-11(18)9-12(13)19/h5-6,9H,7-8,10H2,1-4H3,(H2,20,21,22). The van der Waals surface area contributed by atoms with Gasteiger partial charge in [-0.1, -0.05) is 25.9 Å². The first-order valence-electron chi connectivity index (χ1n) is 8.15. The number of nitrogens with one attached hydrogen (secondary N) is 2. The van der Waals surface area contributed by atoms with Crippen LogP contribution in [0, 0.1) is 11.6 Å². The number of benzene rings is 1. The number of hydrogen-bond acceptors (Lipinski definition) is 5. The highest BCUT2D eigenvalue weighted by Gasteiger charge is 2.21. The lowest BCUT2D eigenvalue weighted by atomic mass is 9.97. The van der Waals surface area contributed by atoms with Crippen LogP contribution in [0.3, 0.4) is 0 Å². The van der Waals surface area contributed by atoms with E-state index < -0.39 is 11.6 Å². The van der Waals surface area contributed by atoms with Gasteiger partial charge >= 0.3 is 0 Å². The molecule has 0 aliphatic carbocycles. The summed E-state index contributed by atoms with van der Waals surface area (Å²) < 4.78 is 36.8. The first kappa shape index (κ1) is 19.6. The third kappa shape index (κ3) is 5.68. The third-order valence-electron chi connectivity index (χ3n) is 3.29. The Morgan fingerprint density at radius 1 is 1.27 bits per heavy atom. The van der Waals surface area contributed by atoms with Gasteiger partial charge in [0, 0.05) is 18.5 Å². The summed E-state index contributed by atoms with van der Waals surface area (Å²) in [6, 6.07) is 3.17. The largest absolute Gasteiger partial charge is 0.489 e. The summed E-state index contributed by atoms with van der Waals surface area (Å²) in [6.07, 6.45) is 0. The number of aliphatic imine (C=N–C) groups is 1. The van der Waals surface area contributed by atoms with Crippen molar-refractivity contribution < 1.29 is 18.0 Å². The Labute approximate surface area is 150 Å². The molecule has 0 aliphatic rings. The summed E-state index contributed by atoms with van der Waals surface area (Å²) >= 11 is 0. The van der Waals surface area contributed by atoms with Crippen molar-refractivity contribution in [3.8, 4) is 5.75 Å². The van der Waals surface area contributed by atoms with Gasteiger partial charge in [-0.25, -0.2) is 8.78 Å². The summed E-state index contributed by atoms with van der Waals surface area (Å²) in [4.78, 5) is 8.38. The molecule has 2 N–H and O–H groups in total. The Hall–Kier alpha value is -2.71. The lowest BCUT2D eigenvalue weighted by molar-refractivity contribution is 0.304. The van der Waals surface area contributed by atoms with E-state index in [1.54, 1.807) is 7.05 Å². The smallest absolute Gasteiger partial charge is 0.232 e. The minimum atomic E-state index is -0.737. The highest BCUT2D eigenvalue weighted by atomic mass is 19.1. The summed E-state index contributed by atoms with van der Waals surface area (Å²) in [7, 11) is 1.62. The molecule has 0 unspecified atom stereocenters. The zero-order valence-corrected chi connectivity index (χ0v) is 15.3. The molecule has 0 bridgehead atoms. The van der Waals surface area contributed by atoms with E-state index in [1.807, 2.05) is 20.8 Å². The Bertz CT molecular complexity index is 756.